The van der Waals surface area contributed by atoms with Gasteiger partial charge in [0.15, 0.2) is 0 Å². The molecule has 2 aliphatic rings. The molecule has 17 heavy (non-hydrogen) atoms. The Hall–Kier alpha value is -0.570. The summed E-state index contributed by atoms with van der Waals surface area (Å²) in [6.45, 7) is 2.08. The van der Waals surface area contributed by atoms with Crippen molar-refractivity contribution in [2.75, 3.05) is 0 Å². The smallest absolute Gasteiger partial charge is 0.306 e. The summed E-state index contributed by atoms with van der Waals surface area (Å²) < 4.78 is 0. The molecule has 98 valence electrons. The molecule has 0 radical (unpaired) electrons. The van der Waals surface area contributed by atoms with Gasteiger partial charge >= 0.3 is 5.97 Å². The van der Waals surface area contributed by atoms with E-state index in [0.717, 1.165) is 32.1 Å². The number of carboxylic acid groups (broad SMARTS) is 1. The van der Waals surface area contributed by atoms with E-state index in [-0.39, 0.29) is 17.9 Å². The van der Waals surface area contributed by atoms with Crippen molar-refractivity contribution >= 4 is 5.97 Å². The summed E-state index contributed by atoms with van der Waals surface area (Å²) in [4.78, 5) is 11.3. The molecule has 3 heteroatoms. The average Bonchev–Trinajstić information content (AvgIpc) is 2.31. The first-order valence-corrected chi connectivity index (χ1v) is 7.02. The summed E-state index contributed by atoms with van der Waals surface area (Å²) >= 11 is 0. The Morgan fingerprint density at radius 3 is 2.29 bits per heavy atom. The molecule has 0 aromatic rings. The number of fused-ring (bicyclic) bond motifs is 1. The van der Waals surface area contributed by atoms with Gasteiger partial charge in [0, 0.05) is 0 Å². The van der Waals surface area contributed by atoms with Crippen molar-refractivity contribution in [3.05, 3.63) is 0 Å². The number of aliphatic hydroxyl groups is 1. The number of aliphatic carboxylic acids is 1. The minimum atomic E-state index is -0.641. The minimum Gasteiger partial charge on any atom is -0.481 e. The molecule has 3 nitrogen and oxygen atoms in total. The van der Waals surface area contributed by atoms with Crippen LogP contribution in [0.15, 0.2) is 0 Å². The lowest BCUT2D eigenvalue weighted by Gasteiger charge is -2.42. The van der Waals surface area contributed by atoms with Crippen molar-refractivity contribution in [3.63, 3.8) is 0 Å². The highest BCUT2D eigenvalue weighted by Crippen LogP contribution is 2.43. The van der Waals surface area contributed by atoms with E-state index in [1.54, 1.807) is 0 Å². The second kappa shape index (κ2) is 5.38. The number of hydrogen-bond donors (Lipinski definition) is 2. The number of aliphatic hydroxyl groups excluding tert-OH is 1. The van der Waals surface area contributed by atoms with Gasteiger partial charge in [-0.3, -0.25) is 4.79 Å². The third-order valence-corrected chi connectivity index (χ3v) is 5.01. The highest BCUT2D eigenvalue weighted by molar-refractivity contribution is 5.70. The fraction of sp³-hybridized carbons (Fsp3) is 0.929. The molecule has 0 aromatic carbocycles. The highest BCUT2D eigenvalue weighted by Gasteiger charge is 2.40. The van der Waals surface area contributed by atoms with Crippen LogP contribution >= 0.6 is 0 Å². The molecule has 0 bridgehead atoms. The molecule has 2 aliphatic carbocycles. The van der Waals surface area contributed by atoms with E-state index >= 15 is 0 Å². The summed E-state index contributed by atoms with van der Waals surface area (Å²) in [5.41, 5.74) is 0. The lowest BCUT2D eigenvalue weighted by Crippen LogP contribution is -2.40. The molecule has 2 N–H and O–H groups in total. The van der Waals surface area contributed by atoms with Crippen molar-refractivity contribution in [1.29, 1.82) is 0 Å². The van der Waals surface area contributed by atoms with Crippen molar-refractivity contribution in [2.45, 2.75) is 58.0 Å². The third-order valence-electron chi connectivity index (χ3n) is 5.01. The number of hydrogen-bond acceptors (Lipinski definition) is 2. The van der Waals surface area contributed by atoms with Crippen LogP contribution in [-0.2, 0) is 4.79 Å². The van der Waals surface area contributed by atoms with Crippen LogP contribution in [0.2, 0.25) is 0 Å². The van der Waals surface area contributed by atoms with Crippen LogP contribution in [0.1, 0.15) is 51.9 Å². The standard InChI is InChI=1S/C14H24O3/c1-9-10-5-2-3-6-12(10)13(15)8-4-7-11(9)14(16)17/h9-13,15H,2-8H2,1H3,(H,16,17)/t9?,10?,11-,12?,13-/m0/s1. The first kappa shape index (κ1) is 12.9. The largest absolute Gasteiger partial charge is 0.481 e. The molecule has 5 atom stereocenters. The molecular formula is C14H24O3. The van der Waals surface area contributed by atoms with Gasteiger partial charge in [-0.25, -0.2) is 0 Å². The van der Waals surface area contributed by atoms with Gasteiger partial charge in [0.25, 0.3) is 0 Å². The predicted molar refractivity (Wildman–Crippen MR) is 65.6 cm³/mol. The molecule has 2 saturated carbocycles. The van der Waals surface area contributed by atoms with Crippen LogP contribution in [-0.4, -0.2) is 22.3 Å². The number of rotatable bonds is 1. The molecule has 0 saturated heterocycles. The van der Waals surface area contributed by atoms with Crippen LogP contribution in [0, 0.1) is 23.7 Å². The lowest BCUT2D eigenvalue weighted by atomic mass is 9.64. The fourth-order valence-corrected chi connectivity index (χ4v) is 3.99. The van der Waals surface area contributed by atoms with Gasteiger partial charge in [-0.05, 0) is 43.4 Å². The highest BCUT2D eigenvalue weighted by atomic mass is 16.4. The van der Waals surface area contributed by atoms with Crippen LogP contribution in [0.4, 0.5) is 0 Å². The lowest BCUT2D eigenvalue weighted by molar-refractivity contribution is -0.146. The molecule has 2 rings (SSSR count). The summed E-state index contributed by atoms with van der Waals surface area (Å²) in [5, 5.41) is 19.5. The van der Waals surface area contributed by atoms with Crippen LogP contribution in [0.5, 0.6) is 0 Å². The predicted octanol–water partition coefficient (Wildman–Crippen LogP) is 2.67. The minimum absolute atomic E-state index is 0.197. The molecule has 0 amide bonds. The molecule has 3 unspecified atom stereocenters. The fourth-order valence-electron chi connectivity index (χ4n) is 3.99. The summed E-state index contributed by atoms with van der Waals surface area (Å²) in [7, 11) is 0. The van der Waals surface area contributed by atoms with Crippen LogP contribution in [0.3, 0.4) is 0 Å². The molecule has 0 aromatic heterocycles. The van der Waals surface area contributed by atoms with Gasteiger partial charge in [0.1, 0.15) is 0 Å². The topological polar surface area (TPSA) is 57.5 Å². The van der Waals surface area contributed by atoms with Crippen LogP contribution in [0.25, 0.3) is 0 Å². The molecule has 0 aliphatic heterocycles. The van der Waals surface area contributed by atoms with Crippen LogP contribution < -0.4 is 0 Å². The Labute approximate surface area is 103 Å². The van der Waals surface area contributed by atoms with E-state index < -0.39 is 5.97 Å². The zero-order valence-corrected chi connectivity index (χ0v) is 10.6. The first-order chi connectivity index (χ1) is 8.11. The summed E-state index contributed by atoms with van der Waals surface area (Å²) in [6.07, 6.45) is 6.76. The van der Waals surface area contributed by atoms with Crippen molar-refractivity contribution < 1.29 is 15.0 Å². The molecular weight excluding hydrogens is 216 g/mol. The maximum absolute atomic E-state index is 11.3. The summed E-state index contributed by atoms with van der Waals surface area (Å²) in [6, 6.07) is 0. The Morgan fingerprint density at radius 1 is 1.00 bits per heavy atom. The zero-order valence-electron chi connectivity index (χ0n) is 10.6. The number of carbonyl (C=O) groups is 1. The van der Waals surface area contributed by atoms with Crippen molar-refractivity contribution in [1.82, 2.24) is 0 Å². The van der Waals surface area contributed by atoms with E-state index in [0.29, 0.717) is 11.8 Å². The maximum Gasteiger partial charge on any atom is 0.306 e. The average molecular weight is 240 g/mol. The number of carboxylic acids is 1. The maximum atomic E-state index is 11.3. The Balaban J connectivity index is 2.17. The van der Waals surface area contributed by atoms with E-state index in [4.69, 9.17) is 0 Å². The van der Waals surface area contributed by atoms with Gasteiger partial charge in [-0.15, -0.1) is 0 Å². The van der Waals surface area contributed by atoms with E-state index in [2.05, 4.69) is 6.92 Å². The van der Waals surface area contributed by atoms with Crippen molar-refractivity contribution in [3.8, 4) is 0 Å². The zero-order chi connectivity index (χ0) is 12.4. The Bertz CT molecular complexity index is 277. The molecule has 0 heterocycles. The molecule has 2 fully saturated rings. The Morgan fingerprint density at radius 2 is 1.65 bits per heavy atom. The second-order valence-corrected chi connectivity index (χ2v) is 5.91. The monoisotopic (exact) mass is 240 g/mol. The van der Waals surface area contributed by atoms with Gasteiger partial charge in [0.2, 0.25) is 0 Å². The Kier molecular flexibility index (Phi) is 4.08. The summed E-state index contributed by atoms with van der Waals surface area (Å²) in [5.74, 6) is 0.139. The molecule has 0 spiro atoms. The quantitative estimate of drug-likeness (QED) is 0.741. The van der Waals surface area contributed by atoms with Crippen molar-refractivity contribution in [2.24, 2.45) is 23.7 Å². The third kappa shape index (κ3) is 2.65. The normalized spacial score (nSPS) is 43.3. The van der Waals surface area contributed by atoms with Gasteiger partial charge in [-0.1, -0.05) is 26.2 Å². The van der Waals surface area contributed by atoms with E-state index in [1.165, 1.54) is 12.8 Å². The SMILES string of the molecule is CC1C2CCCCC2[C@@H](O)CCC[C@@H]1C(=O)O. The first-order valence-electron chi connectivity index (χ1n) is 7.02. The van der Waals surface area contributed by atoms with E-state index in [1.807, 2.05) is 0 Å². The van der Waals surface area contributed by atoms with Gasteiger partial charge in [-0.2, -0.15) is 0 Å². The van der Waals surface area contributed by atoms with E-state index in [9.17, 15) is 15.0 Å². The second-order valence-electron chi connectivity index (χ2n) is 5.91. The van der Waals surface area contributed by atoms with Gasteiger partial charge < -0.3 is 10.2 Å². The van der Waals surface area contributed by atoms with Gasteiger partial charge in [0.05, 0.1) is 12.0 Å².